The summed E-state index contributed by atoms with van der Waals surface area (Å²) in [5.74, 6) is 0. The van der Waals surface area contributed by atoms with Gasteiger partial charge in [-0.3, -0.25) is 5.43 Å². The molecule has 0 aliphatic carbocycles. The lowest BCUT2D eigenvalue weighted by molar-refractivity contribution is 0.399. The maximum absolute atomic E-state index is 3.83. The largest absolute Gasteiger partial charge is 0.376 e. The van der Waals surface area contributed by atoms with Gasteiger partial charge in [-0.15, -0.1) is 0 Å². The highest BCUT2D eigenvalue weighted by Gasteiger charge is 2.20. The molecule has 2 N–H and O–H groups in total. The van der Waals surface area contributed by atoms with E-state index in [1.807, 2.05) is 11.1 Å². The molecule has 46 valence electrons. The summed E-state index contributed by atoms with van der Waals surface area (Å²) in [5, 5.41) is 6.67. The van der Waals surface area contributed by atoms with Crippen LogP contribution in [0.25, 0.3) is 0 Å². The van der Waals surface area contributed by atoms with Crippen molar-refractivity contribution in [2.45, 2.75) is 6.17 Å². The van der Waals surface area contributed by atoms with Gasteiger partial charge in [0.2, 0.25) is 0 Å². The van der Waals surface area contributed by atoms with Gasteiger partial charge in [0.05, 0.1) is 0 Å². The van der Waals surface area contributed by atoms with Crippen molar-refractivity contribution in [3.05, 3.63) is 18.9 Å². The standard InChI is InChI=1S/C5H6N4/c1-2-9-4-7-8-5(9)3-6-1/h1-2,4-6,8H. The first-order chi connectivity index (χ1) is 4.47. The van der Waals surface area contributed by atoms with Gasteiger partial charge in [-0.25, -0.2) is 0 Å². The van der Waals surface area contributed by atoms with Crippen molar-refractivity contribution in [2.75, 3.05) is 0 Å². The lowest BCUT2D eigenvalue weighted by Crippen LogP contribution is -2.40. The molecule has 2 aliphatic heterocycles. The van der Waals surface area contributed by atoms with E-state index in [1.54, 1.807) is 12.5 Å². The highest BCUT2D eigenvalue weighted by atomic mass is 15.5. The summed E-state index contributed by atoms with van der Waals surface area (Å²) in [7, 11) is 0. The maximum Gasteiger partial charge on any atom is 0.148 e. The Morgan fingerprint density at radius 2 is 2.67 bits per heavy atom. The minimum Gasteiger partial charge on any atom is -0.376 e. The zero-order valence-corrected chi connectivity index (χ0v) is 4.70. The molecule has 0 saturated heterocycles. The number of fused-ring (bicyclic) bond motifs is 1. The first kappa shape index (κ1) is 4.67. The molecule has 4 heteroatoms. The van der Waals surface area contributed by atoms with Gasteiger partial charge in [0, 0.05) is 12.4 Å². The summed E-state index contributed by atoms with van der Waals surface area (Å²) in [5.41, 5.74) is 2.83. The summed E-state index contributed by atoms with van der Waals surface area (Å²) >= 11 is 0. The monoisotopic (exact) mass is 122 g/mol. The Morgan fingerprint density at radius 3 is 3.56 bits per heavy atom. The molecule has 1 atom stereocenters. The van der Waals surface area contributed by atoms with Crippen LogP contribution in [0.15, 0.2) is 17.5 Å². The van der Waals surface area contributed by atoms with Crippen LogP contribution in [-0.2, 0) is 0 Å². The SMILES string of the molecule is [C]1NC=CN2C=NNC12. The Bertz CT molecular complexity index is 162. The average molecular weight is 122 g/mol. The van der Waals surface area contributed by atoms with Gasteiger partial charge in [0.1, 0.15) is 19.0 Å². The molecular formula is C5H6N4. The molecule has 2 rings (SSSR count). The fraction of sp³-hybridized carbons (Fsp3) is 0.200. The second-order valence-corrected chi connectivity index (χ2v) is 1.83. The minimum absolute atomic E-state index is 0.0787. The van der Waals surface area contributed by atoms with Gasteiger partial charge in [0.25, 0.3) is 0 Å². The van der Waals surface area contributed by atoms with Crippen LogP contribution in [0.5, 0.6) is 0 Å². The molecule has 0 aromatic carbocycles. The van der Waals surface area contributed by atoms with Crippen LogP contribution in [0.1, 0.15) is 0 Å². The average Bonchev–Trinajstić information content (AvgIpc) is 2.33. The summed E-state index contributed by atoms with van der Waals surface area (Å²) in [6, 6.07) is 0. The van der Waals surface area contributed by atoms with E-state index < -0.39 is 0 Å². The van der Waals surface area contributed by atoms with Crippen LogP contribution >= 0.6 is 0 Å². The van der Waals surface area contributed by atoms with E-state index in [1.165, 1.54) is 0 Å². The maximum atomic E-state index is 3.83. The van der Waals surface area contributed by atoms with E-state index in [0.717, 1.165) is 0 Å². The van der Waals surface area contributed by atoms with Crippen molar-refractivity contribution in [3.63, 3.8) is 0 Å². The quantitative estimate of drug-likeness (QED) is 0.445. The van der Waals surface area contributed by atoms with Crippen molar-refractivity contribution in [1.82, 2.24) is 15.6 Å². The molecule has 0 aromatic rings. The molecule has 2 aliphatic rings. The third kappa shape index (κ3) is 0.630. The highest BCUT2D eigenvalue weighted by molar-refractivity contribution is 5.59. The summed E-state index contributed by atoms with van der Waals surface area (Å²) in [6.07, 6.45) is 5.49. The van der Waals surface area contributed by atoms with Gasteiger partial charge in [-0.1, -0.05) is 0 Å². The Labute approximate surface area is 53.2 Å². The number of rotatable bonds is 0. The summed E-state index contributed by atoms with van der Waals surface area (Å²) in [4.78, 5) is 1.91. The second-order valence-electron chi connectivity index (χ2n) is 1.83. The molecule has 0 fully saturated rings. The van der Waals surface area contributed by atoms with E-state index in [4.69, 9.17) is 0 Å². The number of hydrogen-bond donors (Lipinski definition) is 2. The van der Waals surface area contributed by atoms with Gasteiger partial charge in [-0.2, -0.15) is 5.10 Å². The molecule has 0 spiro atoms. The fourth-order valence-electron chi connectivity index (χ4n) is 0.786. The number of nitrogens with one attached hydrogen (secondary N) is 2. The molecule has 0 amide bonds. The smallest absolute Gasteiger partial charge is 0.148 e. The predicted molar refractivity (Wildman–Crippen MR) is 32.8 cm³/mol. The van der Waals surface area contributed by atoms with E-state index in [0.29, 0.717) is 0 Å². The molecule has 9 heavy (non-hydrogen) atoms. The van der Waals surface area contributed by atoms with Crippen molar-refractivity contribution in [1.29, 1.82) is 0 Å². The van der Waals surface area contributed by atoms with Crippen LogP contribution in [0, 0.1) is 6.54 Å². The molecular weight excluding hydrogens is 116 g/mol. The second kappa shape index (κ2) is 1.65. The summed E-state index contributed by atoms with van der Waals surface area (Å²) in [6.45, 7) is 2.93. The molecule has 2 heterocycles. The van der Waals surface area contributed by atoms with Crippen LogP contribution in [0.2, 0.25) is 0 Å². The zero-order valence-electron chi connectivity index (χ0n) is 4.70. The van der Waals surface area contributed by atoms with Crippen LogP contribution in [0.3, 0.4) is 0 Å². The van der Waals surface area contributed by atoms with Crippen molar-refractivity contribution in [3.8, 4) is 0 Å². The molecule has 1 unspecified atom stereocenters. The van der Waals surface area contributed by atoms with E-state index >= 15 is 0 Å². The highest BCUT2D eigenvalue weighted by Crippen LogP contribution is 2.05. The van der Waals surface area contributed by atoms with E-state index in [-0.39, 0.29) is 6.17 Å². The number of hydrazone groups is 1. The Balaban J connectivity index is 2.17. The van der Waals surface area contributed by atoms with Crippen molar-refractivity contribution in [2.24, 2.45) is 5.10 Å². The van der Waals surface area contributed by atoms with Crippen LogP contribution in [-0.4, -0.2) is 17.4 Å². The Kier molecular flexibility index (Phi) is 0.855. The molecule has 2 radical (unpaired) electrons. The molecule has 4 nitrogen and oxygen atoms in total. The van der Waals surface area contributed by atoms with Crippen LogP contribution in [0.4, 0.5) is 0 Å². The van der Waals surface area contributed by atoms with Crippen molar-refractivity contribution >= 4 is 6.34 Å². The van der Waals surface area contributed by atoms with Gasteiger partial charge >= 0.3 is 0 Å². The summed E-state index contributed by atoms with van der Waals surface area (Å²) < 4.78 is 0. The van der Waals surface area contributed by atoms with E-state index in [9.17, 15) is 0 Å². The number of nitrogens with zero attached hydrogens (tertiary/aromatic N) is 2. The first-order valence-corrected chi connectivity index (χ1v) is 2.71. The lowest BCUT2D eigenvalue weighted by Gasteiger charge is -2.22. The predicted octanol–water partition coefficient (Wildman–Crippen LogP) is -0.726. The Hall–Kier alpha value is -1.19. The fourth-order valence-corrected chi connectivity index (χ4v) is 0.786. The molecule has 0 aromatic heterocycles. The van der Waals surface area contributed by atoms with Gasteiger partial charge in [0.15, 0.2) is 0 Å². The Morgan fingerprint density at radius 1 is 1.67 bits per heavy atom. The topological polar surface area (TPSA) is 39.7 Å². The van der Waals surface area contributed by atoms with E-state index in [2.05, 4.69) is 22.4 Å². The van der Waals surface area contributed by atoms with Crippen LogP contribution < -0.4 is 10.7 Å². The lowest BCUT2D eigenvalue weighted by atomic mass is 10.4. The third-order valence-electron chi connectivity index (χ3n) is 1.24. The first-order valence-electron chi connectivity index (χ1n) is 2.71. The third-order valence-corrected chi connectivity index (χ3v) is 1.24. The minimum atomic E-state index is 0.0787. The normalized spacial score (nSPS) is 29.3. The number of hydrogen-bond acceptors (Lipinski definition) is 4. The van der Waals surface area contributed by atoms with Gasteiger partial charge in [-0.05, 0) is 0 Å². The zero-order chi connectivity index (χ0) is 6.10. The molecule has 0 bridgehead atoms. The van der Waals surface area contributed by atoms with Crippen molar-refractivity contribution < 1.29 is 0 Å². The van der Waals surface area contributed by atoms with Gasteiger partial charge < -0.3 is 10.2 Å². The molecule has 0 saturated carbocycles.